The van der Waals surface area contributed by atoms with E-state index >= 15 is 0 Å². The number of benzene rings is 1. The molecular formula is C17H21NO3. The van der Waals surface area contributed by atoms with E-state index < -0.39 is 0 Å². The van der Waals surface area contributed by atoms with Gasteiger partial charge in [-0.3, -0.25) is 4.79 Å². The van der Waals surface area contributed by atoms with Gasteiger partial charge in [-0.05, 0) is 31.0 Å². The Morgan fingerprint density at radius 2 is 2.33 bits per heavy atom. The second kappa shape index (κ2) is 7.26. The molecule has 0 radical (unpaired) electrons. The molecule has 2 rings (SSSR count). The van der Waals surface area contributed by atoms with Gasteiger partial charge in [0.1, 0.15) is 0 Å². The lowest BCUT2D eigenvalue weighted by molar-refractivity contribution is 0.0724. The lowest BCUT2D eigenvalue weighted by atomic mass is 10.0. The van der Waals surface area contributed by atoms with Crippen LogP contribution in [0.5, 0.6) is 0 Å². The van der Waals surface area contributed by atoms with Crippen LogP contribution in [0.2, 0.25) is 0 Å². The van der Waals surface area contributed by atoms with Crippen molar-refractivity contribution in [2.24, 2.45) is 0 Å². The van der Waals surface area contributed by atoms with Gasteiger partial charge in [0, 0.05) is 32.2 Å². The summed E-state index contributed by atoms with van der Waals surface area (Å²) >= 11 is 0. The zero-order chi connectivity index (χ0) is 15.2. The number of hydrogen-bond acceptors (Lipinski definition) is 3. The Labute approximate surface area is 125 Å². The largest absolute Gasteiger partial charge is 0.395 e. The lowest BCUT2D eigenvalue weighted by Crippen LogP contribution is -2.30. The van der Waals surface area contributed by atoms with Gasteiger partial charge in [0.2, 0.25) is 0 Å². The SMILES string of the molecule is COC1CCN(C(=O)c2ccc(C)cc2C#CCCO)C1. The molecule has 0 aromatic heterocycles. The number of carbonyl (C=O) groups excluding carboxylic acids is 1. The fourth-order valence-corrected chi connectivity index (χ4v) is 2.44. The molecule has 0 bridgehead atoms. The first-order chi connectivity index (χ1) is 10.2. The summed E-state index contributed by atoms with van der Waals surface area (Å²) in [6, 6.07) is 5.68. The second-order valence-corrected chi connectivity index (χ2v) is 5.22. The van der Waals surface area contributed by atoms with Crippen molar-refractivity contribution in [3.8, 4) is 11.8 Å². The van der Waals surface area contributed by atoms with E-state index in [9.17, 15) is 4.79 Å². The molecule has 1 aromatic carbocycles. The third kappa shape index (κ3) is 3.84. The fraction of sp³-hybridized carbons (Fsp3) is 0.471. The number of ether oxygens (including phenoxy) is 1. The molecule has 1 unspecified atom stereocenters. The number of aliphatic hydroxyl groups excluding tert-OH is 1. The predicted molar refractivity (Wildman–Crippen MR) is 81.1 cm³/mol. The Hall–Kier alpha value is -1.83. The maximum atomic E-state index is 12.6. The summed E-state index contributed by atoms with van der Waals surface area (Å²) in [4.78, 5) is 14.4. The van der Waals surface area contributed by atoms with E-state index in [-0.39, 0.29) is 18.6 Å². The Morgan fingerprint density at radius 1 is 1.52 bits per heavy atom. The molecule has 1 heterocycles. The van der Waals surface area contributed by atoms with E-state index in [2.05, 4.69) is 11.8 Å². The molecule has 0 saturated carbocycles. The highest BCUT2D eigenvalue weighted by atomic mass is 16.5. The van der Waals surface area contributed by atoms with Gasteiger partial charge in [0.15, 0.2) is 0 Å². The first-order valence-corrected chi connectivity index (χ1v) is 7.18. The molecule has 1 aromatic rings. The Balaban J connectivity index is 2.23. The van der Waals surface area contributed by atoms with Crippen LogP contribution in [-0.4, -0.2) is 48.8 Å². The van der Waals surface area contributed by atoms with Crippen LogP contribution in [0.15, 0.2) is 18.2 Å². The monoisotopic (exact) mass is 287 g/mol. The molecule has 0 aliphatic carbocycles. The standard InChI is InChI=1S/C17H21NO3/c1-13-6-7-16(14(11-13)5-3-4-10-19)17(20)18-9-8-15(12-18)21-2/h6-7,11,15,19H,4,8-10,12H2,1-2H3. The van der Waals surface area contributed by atoms with Crippen LogP contribution in [0, 0.1) is 18.8 Å². The van der Waals surface area contributed by atoms with Gasteiger partial charge in [-0.15, -0.1) is 0 Å². The summed E-state index contributed by atoms with van der Waals surface area (Å²) in [6.45, 7) is 3.35. The van der Waals surface area contributed by atoms with Crippen molar-refractivity contribution in [1.82, 2.24) is 4.90 Å². The maximum Gasteiger partial charge on any atom is 0.255 e. The Bertz CT molecular complexity index is 571. The van der Waals surface area contributed by atoms with Gasteiger partial charge in [-0.2, -0.15) is 0 Å². The summed E-state index contributed by atoms with van der Waals surface area (Å²) in [5, 5.41) is 8.81. The molecular weight excluding hydrogens is 266 g/mol. The van der Waals surface area contributed by atoms with Crippen LogP contribution in [0.1, 0.15) is 34.3 Å². The van der Waals surface area contributed by atoms with E-state index in [0.29, 0.717) is 25.1 Å². The number of carbonyl (C=O) groups is 1. The summed E-state index contributed by atoms with van der Waals surface area (Å²) in [5.74, 6) is 5.89. The van der Waals surface area contributed by atoms with E-state index in [1.807, 2.05) is 30.0 Å². The molecule has 1 amide bonds. The third-order valence-electron chi connectivity index (χ3n) is 3.63. The van der Waals surface area contributed by atoms with E-state index in [4.69, 9.17) is 9.84 Å². The van der Waals surface area contributed by atoms with Crippen molar-refractivity contribution in [3.05, 3.63) is 34.9 Å². The summed E-state index contributed by atoms with van der Waals surface area (Å²) in [5.41, 5.74) is 2.42. The number of methoxy groups -OCH3 is 1. The second-order valence-electron chi connectivity index (χ2n) is 5.22. The van der Waals surface area contributed by atoms with Gasteiger partial charge in [-0.25, -0.2) is 0 Å². The highest BCUT2D eigenvalue weighted by Gasteiger charge is 2.27. The average molecular weight is 287 g/mol. The van der Waals surface area contributed by atoms with Crippen LogP contribution in [0.3, 0.4) is 0 Å². The first kappa shape index (κ1) is 15.6. The van der Waals surface area contributed by atoms with Crippen molar-refractivity contribution >= 4 is 5.91 Å². The van der Waals surface area contributed by atoms with Crippen LogP contribution in [0.4, 0.5) is 0 Å². The molecule has 1 aliphatic heterocycles. The van der Waals surface area contributed by atoms with E-state index in [1.165, 1.54) is 0 Å². The van der Waals surface area contributed by atoms with Crippen molar-refractivity contribution in [2.75, 3.05) is 26.8 Å². The van der Waals surface area contributed by atoms with E-state index in [1.54, 1.807) is 7.11 Å². The van der Waals surface area contributed by atoms with Crippen LogP contribution < -0.4 is 0 Å². The zero-order valence-corrected chi connectivity index (χ0v) is 12.6. The molecule has 1 fully saturated rings. The molecule has 1 atom stereocenters. The van der Waals surface area contributed by atoms with Gasteiger partial charge in [0.05, 0.1) is 18.3 Å². The van der Waals surface area contributed by atoms with Crippen molar-refractivity contribution in [1.29, 1.82) is 0 Å². The number of amides is 1. The molecule has 4 nitrogen and oxygen atoms in total. The van der Waals surface area contributed by atoms with Crippen LogP contribution in [-0.2, 0) is 4.74 Å². The summed E-state index contributed by atoms with van der Waals surface area (Å²) in [6.07, 6.45) is 1.42. The maximum absolute atomic E-state index is 12.6. The molecule has 1 saturated heterocycles. The molecule has 1 aliphatic rings. The van der Waals surface area contributed by atoms with Crippen LogP contribution in [0.25, 0.3) is 0 Å². The molecule has 112 valence electrons. The van der Waals surface area contributed by atoms with E-state index in [0.717, 1.165) is 17.5 Å². The van der Waals surface area contributed by atoms with Crippen LogP contribution >= 0.6 is 0 Å². The minimum atomic E-state index is 0.00264. The van der Waals surface area contributed by atoms with Crippen molar-refractivity contribution in [3.63, 3.8) is 0 Å². The first-order valence-electron chi connectivity index (χ1n) is 7.18. The summed E-state index contributed by atoms with van der Waals surface area (Å²) in [7, 11) is 1.68. The molecule has 21 heavy (non-hydrogen) atoms. The van der Waals surface area contributed by atoms with Gasteiger partial charge in [-0.1, -0.05) is 17.9 Å². The predicted octanol–water partition coefficient (Wildman–Crippen LogP) is 1.59. The third-order valence-corrected chi connectivity index (χ3v) is 3.63. The quantitative estimate of drug-likeness (QED) is 0.859. The normalized spacial score (nSPS) is 17.5. The Kier molecular flexibility index (Phi) is 5.38. The van der Waals surface area contributed by atoms with Gasteiger partial charge >= 0.3 is 0 Å². The fourth-order valence-electron chi connectivity index (χ4n) is 2.44. The smallest absolute Gasteiger partial charge is 0.255 e. The molecule has 1 N–H and O–H groups in total. The number of aryl methyl sites for hydroxylation is 1. The van der Waals surface area contributed by atoms with Gasteiger partial charge in [0.25, 0.3) is 5.91 Å². The lowest BCUT2D eigenvalue weighted by Gasteiger charge is -2.17. The number of likely N-dealkylation sites (tertiary alicyclic amines) is 1. The minimum absolute atomic E-state index is 0.00264. The summed E-state index contributed by atoms with van der Waals surface area (Å²) < 4.78 is 5.31. The Morgan fingerprint density at radius 3 is 3.00 bits per heavy atom. The van der Waals surface area contributed by atoms with Gasteiger partial charge < -0.3 is 14.7 Å². The average Bonchev–Trinajstić information content (AvgIpc) is 2.96. The highest BCUT2D eigenvalue weighted by molar-refractivity contribution is 5.97. The highest BCUT2D eigenvalue weighted by Crippen LogP contribution is 2.18. The minimum Gasteiger partial charge on any atom is -0.395 e. The topological polar surface area (TPSA) is 49.8 Å². The van der Waals surface area contributed by atoms with Crippen molar-refractivity contribution in [2.45, 2.75) is 25.9 Å². The number of aliphatic hydroxyl groups is 1. The molecule has 4 heteroatoms. The number of hydrogen-bond donors (Lipinski definition) is 1. The number of nitrogens with zero attached hydrogens (tertiary/aromatic N) is 1. The molecule has 0 spiro atoms. The van der Waals surface area contributed by atoms with Crippen molar-refractivity contribution < 1.29 is 14.6 Å². The zero-order valence-electron chi connectivity index (χ0n) is 12.6. The number of rotatable bonds is 3.